The molecule has 0 unspecified atom stereocenters. The van der Waals surface area contributed by atoms with E-state index in [0.717, 1.165) is 47.0 Å². The van der Waals surface area contributed by atoms with Crippen LogP contribution < -0.4 is 5.32 Å². The van der Waals surface area contributed by atoms with E-state index in [1.165, 1.54) is 11.3 Å². The molecule has 1 saturated heterocycles. The summed E-state index contributed by atoms with van der Waals surface area (Å²) in [5.41, 5.74) is 1.72. The molecule has 0 bridgehead atoms. The Morgan fingerprint density at radius 1 is 1.19 bits per heavy atom. The van der Waals surface area contributed by atoms with Gasteiger partial charge in [0.2, 0.25) is 0 Å². The van der Waals surface area contributed by atoms with Crippen molar-refractivity contribution in [3.8, 4) is 10.7 Å². The number of fused-ring (bicyclic) bond motifs is 1. The molecule has 0 saturated carbocycles. The molecule has 4 aromatic rings. The molecule has 158 valence electrons. The molecule has 5 heterocycles. The van der Waals surface area contributed by atoms with Crippen LogP contribution in [0.2, 0.25) is 0 Å². The summed E-state index contributed by atoms with van der Waals surface area (Å²) in [4.78, 5) is 23.9. The number of hydrogen-bond donors (Lipinski definition) is 1. The first kappa shape index (κ1) is 19.6. The number of carbonyl (C=O) groups is 1. The van der Waals surface area contributed by atoms with Crippen molar-refractivity contribution in [2.75, 3.05) is 25.5 Å². The number of nitrogens with one attached hydrogen (secondary N) is 1. The van der Waals surface area contributed by atoms with Gasteiger partial charge in [0.25, 0.3) is 5.91 Å². The Morgan fingerprint density at radius 2 is 2.03 bits per heavy atom. The van der Waals surface area contributed by atoms with E-state index in [1.807, 2.05) is 19.1 Å². The van der Waals surface area contributed by atoms with Crippen LogP contribution in [-0.2, 0) is 0 Å². The van der Waals surface area contributed by atoms with Crippen molar-refractivity contribution in [3.63, 3.8) is 0 Å². The van der Waals surface area contributed by atoms with Crippen molar-refractivity contribution in [2.24, 2.45) is 0 Å². The van der Waals surface area contributed by atoms with Crippen molar-refractivity contribution in [2.45, 2.75) is 25.8 Å². The first-order chi connectivity index (χ1) is 15.0. The molecule has 1 fully saturated rings. The summed E-state index contributed by atoms with van der Waals surface area (Å²) in [5.74, 6) is 0.0614. The Kier molecular flexibility index (Phi) is 5.12. The zero-order valence-corrected chi connectivity index (χ0v) is 18.0. The van der Waals surface area contributed by atoms with Crippen LogP contribution in [-0.4, -0.2) is 66.1 Å². The van der Waals surface area contributed by atoms with Crippen LogP contribution in [0.25, 0.3) is 21.6 Å². The van der Waals surface area contributed by atoms with Crippen LogP contribution in [0.5, 0.6) is 0 Å². The summed E-state index contributed by atoms with van der Waals surface area (Å²) in [6.45, 7) is 3.93. The smallest absolute Gasteiger partial charge is 0.278 e. The van der Waals surface area contributed by atoms with Crippen LogP contribution >= 0.6 is 11.3 Å². The molecule has 10 nitrogen and oxygen atoms in total. The minimum absolute atomic E-state index is 0.270. The minimum atomic E-state index is -0.345. The zero-order chi connectivity index (χ0) is 21.4. The maximum absolute atomic E-state index is 12.7. The standard InChI is InChI=1S/C20H21N9OS/c1-12-24-26-20(31-12)15-4-3-13-10-21-18(9-16(13)22-15)23-19(30)17-11-29(27-25-17)14-5-7-28(2)8-6-14/h3-4,9-11,14H,5-8H2,1-2H3,(H,21,23,30). The molecule has 0 radical (unpaired) electrons. The second-order valence-corrected chi connectivity index (χ2v) is 8.84. The van der Waals surface area contributed by atoms with Crippen LogP contribution in [0, 0.1) is 6.92 Å². The van der Waals surface area contributed by atoms with E-state index in [0.29, 0.717) is 11.3 Å². The lowest BCUT2D eigenvalue weighted by Crippen LogP contribution is -2.31. The van der Waals surface area contributed by atoms with Gasteiger partial charge in [-0.2, -0.15) is 0 Å². The third kappa shape index (κ3) is 4.14. The summed E-state index contributed by atoms with van der Waals surface area (Å²) in [5, 5.41) is 21.7. The molecule has 1 amide bonds. The lowest BCUT2D eigenvalue weighted by molar-refractivity contribution is 0.102. The summed E-state index contributed by atoms with van der Waals surface area (Å²) in [7, 11) is 2.11. The van der Waals surface area contributed by atoms with Crippen LogP contribution in [0.15, 0.2) is 30.6 Å². The average molecular weight is 436 g/mol. The molecule has 31 heavy (non-hydrogen) atoms. The van der Waals surface area contributed by atoms with Crippen LogP contribution in [0.3, 0.4) is 0 Å². The number of piperidine rings is 1. The third-order valence-electron chi connectivity index (χ3n) is 5.37. The Morgan fingerprint density at radius 3 is 2.81 bits per heavy atom. The molecule has 4 aromatic heterocycles. The number of aromatic nitrogens is 7. The largest absolute Gasteiger partial charge is 0.306 e. The van der Waals surface area contributed by atoms with Gasteiger partial charge in [0.15, 0.2) is 10.7 Å². The van der Waals surface area contributed by atoms with Gasteiger partial charge in [-0.15, -0.1) is 15.3 Å². The maximum Gasteiger partial charge on any atom is 0.278 e. The fraction of sp³-hybridized carbons (Fsp3) is 0.350. The lowest BCUT2D eigenvalue weighted by atomic mass is 10.1. The second-order valence-electron chi connectivity index (χ2n) is 7.66. The van der Waals surface area contributed by atoms with E-state index in [4.69, 9.17) is 0 Å². The number of rotatable bonds is 4. The van der Waals surface area contributed by atoms with Crippen molar-refractivity contribution in [1.82, 2.24) is 40.1 Å². The number of carbonyl (C=O) groups excluding carboxylic acids is 1. The number of anilines is 1. The molecule has 5 rings (SSSR count). The molecule has 0 spiro atoms. The number of nitrogens with zero attached hydrogens (tertiary/aromatic N) is 8. The van der Waals surface area contributed by atoms with Gasteiger partial charge in [0.05, 0.1) is 17.8 Å². The summed E-state index contributed by atoms with van der Waals surface area (Å²) in [6, 6.07) is 5.84. The monoisotopic (exact) mass is 435 g/mol. The normalized spacial score (nSPS) is 15.4. The van der Waals surface area contributed by atoms with Crippen LogP contribution in [0.4, 0.5) is 5.82 Å². The van der Waals surface area contributed by atoms with E-state index < -0.39 is 0 Å². The SMILES string of the molecule is Cc1nnc(-c2ccc3cnc(NC(=O)c4cn(C5CCN(C)CC5)nn4)cc3n2)s1. The molecule has 1 aliphatic heterocycles. The molecule has 1 aliphatic rings. The van der Waals surface area contributed by atoms with Gasteiger partial charge in [0, 0.05) is 17.6 Å². The minimum Gasteiger partial charge on any atom is -0.306 e. The van der Waals surface area contributed by atoms with Gasteiger partial charge in [0.1, 0.15) is 16.5 Å². The molecule has 0 aliphatic carbocycles. The maximum atomic E-state index is 12.7. The summed E-state index contributed by atoms with van der Waals surface area (Å²) >= 11 is 1.49. The molecule has 11 heteroatoms. The Bertz CT molecular complexity index is 1240. The molecule has 0 atom stereocenters. The van der Waals surface area contributed by atoms with E-state index in [9.17, 15) is 4.79 Å². The topological polar surface area (TPSA) is 115 Å². The first-order valence-corrected chi connectivity index (χ1v) is 10.9. The van der Waals surface area contributed by atoms with Crippen molar-refractivity contribution in [1.29, 1.82) is 0 Å². The highest BCUT2D eigenvalue weighted by Gasteiger charge is 2.21. The first-order valence-electron chi connectivity index (χ1n) is 10.0. The van der Waals surface area contributed by atoms with Crippen molar-refractivity contribution < 1.29 is 4.79 Å². The van der Waals surface area contributed by atoms with Gasteiger partial charge in [-0.3, -0.25) is 4.79 Å². The predicted molar refractivity (Wildman–Crippen MR) is 117 cm³/mol. The number of hydrogen-bond acceptors (Lipinski definition) is 9. The lowest BCUT2D eigenvalue weighted by Gasteiger charge is -2.28. The summed E-state index contributed by atoms with van der Waals surface area (Å²) in [6.07, 6.45) is 5.38. The highest BCUT2D eigenvalue weighted by molar-refractivity contribution is 7.14. The highest BCUT2D eigenvalue weighted by atomic mass is 32.1. The Labute approximate surface area is 182 Å². The van der Waals surface area contributed by atoms with Crippen LogP contribution in [0.1, 0.15) is 34.4 Å². The second kappa shape index (κ2) is 8.08. The number of likely N-dealkylation sites (tertiary alicyclic amines) is 1. The van der Waals surface area contributed by atoms with Gasteiger partial charge in [-0.05, 0) is 52.0 Å². The van der Waals surface area contributed by atoms with Crippen molar-refractivity contribution in [3.05, 3.63) is 41.3 Å². The van der Waals surface area contributed by atoms with E-state index >= 15 is 0 Å². The van der Waals surface area contributed by atoms with E-state index in [1.54, 1.807) is 23.1 Å². The fourth-order valence-electron chi connectivity index (χ4n) is 3.60. The van der Waals surface area contributed by atoms with E-state index in [2.05, 4.69) is 47.7 Å². The average Bonchev–Trinajstić information content (AvgIpc) is 3.43. The molecular weight excluding hydrogens is 414 g/mol. The molecular formula is C20H21N9OS. The van der Waals surface area contributed by atoms with E-state index in [-0.39, 0.29) is 17.6 Å². The highest BCUT2D eigenvalue weighted by Crippen LogP contribution is 2.25. The number of pyridine rings is 2. The van der Waals surface area contributed by atoms with Crippen molar-refractivity contribution >= 4 is 34.0 Å². The van der Waals surface area contributed by atoms with Gasteiger partial charge in [-0.25, -0.2) is 14.6 Å². The number of aryl methyl sites for hydroxylation is 1. The Balaban J connectivity index is 1.33. The zero-order valence-electron chi connectivity index (χ0n) is 17.2. The molecule has 1 N–H and O–H groups in total. The number of amides is 1. The molecule has 0 aromatic carbocycles. The third-order valence-corrected chi connectivity index (χ3v) is 6.23. The fourth-order valence-corrected chi connectivity index (χ4v) is 4.26. The quantitative estimate of drug-likeness (QED) is 0.520. The van der Waals surface area contributed by atoms with Gasteiger partial charge >= 0.3 is 0 Å². The van der Waals surface area contributed by atoms with Gasteiger partial charge < -0.3 is 10.2 Å². The van der Waals surface area contributed by atoms with Gasteiger partial charge in [-0.1, -0.05) is 16.6 Å². The summed E-state index contributed by atoms with van der Waals surface area (Å²) < 4.78 is 1.80. The predicted octanol–water partition coefficient (Wildman–Crippen LogP) is 2.57. The Hall–Kier alpha value is -3.31.